The second kappa shape index (κ2) is 12.2. The fraction of sp³-hybridized carbons (Fsp3) is 0.364. The Morgan fingerprint density at radius 3 is 2.52 bits per heavy atom. The van der Waals surface area contributed by atoms with Gasteiger partial charge in [-0.3, -0.25) is 4.79 Å². The van der Waals surface area contributed by atoms with Crippen LogP contribution in [0, 0.1) is 6.92 Å². The maximum Gasteiger partial charge on any atom is 0.250 e. The largest absolute Gasteiger partial charge is 0.494 e. The Morgan fingerprint density at radius 1 is 1.07 bits per heavy atom. The second-order valence-corrected chi connectivity index (χ2v) is 7.42. The first-order valence-corrected chi connectivity index (χ1v) is 10.4. The van der Waals surface area contributed by atoms with Crippen LogP contribution in [0.15, 0.2) is 58.5 Å². The molecule has 144 valence electrons. The van der Waals surface area contributed by atoms with Gasteiger partial charge < -0.3 is 4.74 Å². The normalized spacial score (nSPS) is 10.9. The fourth-order valence-corrected chi connectivity index (χ4v) is 3.05. The summed E-state index contributed by atoms with van der Waals surface area (Å²) in [6.07, 6.45) is 6.43. The molecule has 0 aromatic heterocycles. The van der Waals surface area contributed by atoms with E-state index in [9.17, 15) is 4.79 Å². The first-order chi connectivity index (χ1) is 13.2. The van der Waals surface area contributed by atoms with Gasteiger partial charge in [0.2, 0.25) is 5.91 Å². The molecule has 2 rings (SSSR count). The van der Waals surface area contributed by atoms with Crippen molar-refractivity contribution in [2.24, 2.45) is 5.10 Å². The number of nitrogens with one attached hydrogen (secondary N) is 1. The number of hydrazone groups is 1. The number of amides is 1. The number of hydrogen-bond donors (Lipinski definition) is 1. The molecule has 0 atom stereocenters. The van der Waals surface area contributed by atoms with Crippen LogP contribution in [-0.4, -0.2) is 24.5 Å². The van der Waals surface area contributed by atoms with Crippen molar-refractivity contribution in [1.29, 1.82) is 0 Å². The lowest BCUT2D eigenvalue weighted by Gasteiger charge is -2.06. The van der Waals surface area contributed by atoms with Crippen LogP contribution < -0.4 is 10.2 Å². The summed E-state index contributed by atoms with van der Waals surface area (Å²) in [5.74, 6) is 1.08. The van der Waals surface area contributed by atoms with Gasteiger partial charge in [0.1, 0.15) is 5.75 Å². The Kier molecular flexibility index (Phi) is 9.49. The van der Waals surface area contributed by atoms with Gasteiger partial charge in [-0.15, -0.1) is 11.8 Å². The van der Waals surface area contributed by atoms with E-state index in [2.05, 4.69) is 17.5 Å². The number of benzene rings is 2. The first kappa shape index (κ1) is 21.0. The Morgan fingerprint density at radius 2 is 1.81 bits per heavy atom. The van der Waals surface area contributed by atoms with Crippen molar-refractivity contribution in [3.8, 4) is 5.75 Å². The average molecular weight is 385 g/mol. The van der Waals surface area contributed by atoms with E-state index >= 15 is 0 Å². The lowest BCUT2D eigenvalue weighted by Crippen LogP contribution is -2.19. The molecular weight excluding hydrogens is 356 g/mol. The molecule has 0 heterocycles. The molecule has 0 unspecified atom stereocenters. The highest BCUT2D eigenvalue weighted by Gasteiger charge is 2.01. The quantitative estimate of drug-likeness (QED) is 0.251. The van der Waals surface area contributed by atoms with E-state index in [1.54, 1.807) is 6.21 Å². The Balaban J connectivity index is 1.67. The molecule has 5 heteroatoms. The van der Waals surface area contributed by atoms with Crippen molar-refractivity contribution in [3.63, 3.8) is 0 Å². The van der Waals surface area contributed by atoms with E-state index in [1.807, 2.05) is 55.5 Å². The molecule has 0 saturated heterocycles. The maximum atomic E-state index is 11.9. The molecule has 0 fully saturated rings. The maximum absolute atomic E-state index is 11.9. The van der Waals surface area contributed by atoms with Crippen molar-refractivity contribution in [2.75, 3.05) is 12.4 Å². The van der Waals surface area contributed by atoms with Gasteiger partial charge in [-0.25, -0.2) is 5.43 Å². The van der Waals surface area contributed by atoms with Crippen molar-refractivity contribution < 1.29 is 9.53 Å². The minimum absolute atomic E-state index is 0.121. The molecule has 0 spiro atoms. The van der Waals surface area contributed by atoms with Crippen LogP contribution in [0.4, 0.5) is 0 Å². The van der Waals surface area contributed by atoms with Crippen LogP contribution in [-0.2, 0) is 4.79 Å². The van der Waals surface area contributed by atoms with E-state index < -0.39 is 0 Å². The number of carbonyl (C=O) groups excluding carboxylic acids is 1. The third kappa shape index (κ3) is 8.78. The monoisotopic (exact) mass is 384 g/mol. The molecular formula is C22H28N2O2S. The summed E-state index contributed by atoms with van der Waals surface area (Å²) in [6, 6.07) is 15.8. The Labute approximate surface area is 166 Å². The molecule has 0 saturated carbocycles. The van der Waals surface area contributed by atoms with Crippen molar-refractivity contribution in [2.45, 2.75) is 44.4 Å². The zero-order chi connectivity index (χ0) is 19.3. The highest BCUT2D eigenvalue weighted by molar-refractivity contribution is 8.00. The van der Waals surface area contributed by atoms with Crippen molar-refractivity contribution >= 4 is 23.9 Å². The number of carbonyl (C=O) groups is 1. The van der Waals surface area contributed by atoms with Gasteiger partial charge in [-0.1, -0.05) is 43.9 Å². The number of unbranched alkanes of at least 4 members (excludes halogenated alkanes) is 3. The predicted octanol–water partition coefficient (Wildman–Crippen LogP) is 5.20. The van der Waals surface area contributed by atoms with Crippen molar-refractivity contribution in [1.82, 2.24) is 5.43 Å². The molecule has 0 bridgehead atoms. The Bertz CT molecular complexity index is 712. The number of hydrogen-bond acceptors (Lipinski definition) is 4. The SMILES string of the molecule is CCCCCCOc1ccc(/C=N/NC(=O)CSc2ccc(C)cc2)cc1. The molecule has 4 nitrogen and oxygen atoms in total. The molecule has 0 aliphatic carbocycles. The standard InChI is InChI=1S/C22H28N2O2S/c1-3-4-5-6-15-26-20-11-9-19(10-12-20)16-23-24-22(25)17-27-21-13-7-18(2)8-14-21/h7-14,16H,3-6,15,17H2,1-2H3,(H,24,25)/b23-16+. The summed E-state index contributed by atoms with van der Waals surface area (Å²) in [5.41, 5.74) is 4.69. The van der Waals surface area contributed by atoms with Gasteiger partial charge in [0.15, 0.2) is 0 Å². The number of thioether (sulfide) groups is 1. The molecule has 2 aromatic carbocycles. The summed E-state index contributed by atoms with van der Waals surface area (Å²) < 4.78 is 5.71. The van der Waals surface area contributed by atoms with Crippen molar-refractivity contribution in [3.05, 3.63) is 59.7 Å². The molecule has 2 aromatic rings. The summed E-state index contributed by atoms with van der Waals surface area (Å²) >= 11 is 1.50. The van der Waals surface area contributed by atoms with E-state index in [0.29, 0.717) is 5.75 Å². The number of rotatable bonds is 11. The summed E-state index contributed by atoms with van der Waals surface area (Å²) in [5, 5.41) is 4.01. The minimum atomic E-state index is -0.121. The fourth-order valence-electron chi connectivity index (χ4n) is 2.36. The van der Waals surface area contributed by atoms with Crippen LogP contribution in [0.2, 0.25) is 0 Å². The number of ether oxygens (including phenoxy) is 1. The van der Waals surface area contributed by atoms with E-state index in [1.165, 1.54) is 36.6 Å². The zero-order valence-electron chi connectivity index (χ0n) is 16.1. The number of nitrogens with zero attached hydrogens (tertiary/aromatic N) is 1. The van der Waals surface area contributed by atoms with Gasteiger partial charge in [0, 0.05) is 4.90 Å². The lowest BCUT2D eigenvalue weighted by molar-refractivity contribution is -0.118. The predicted molar refractivity (Wildman–Crippen MR) is 114 cm³/mol. The summed E-state index contributed by atoms with van der Waals surface area (Å²) in [6.45, 7) is 5.00. The lowest BCUT2D eigenvalue weighted by atomic mass is 10.2. The minimum Gasteiger partial charge on any atom is -0.494 e. The highest BCUT2D eigenvalue weighted by atomic mass is 32.2. The third-order valence-electron chi connectivity index (χ3n) is 3.94. The molecule has 0 aliphatic rings. The van der Waals surface area contributed by atoms with Gasteiger partial charge in [-0.05, 0) is 55.3 Å². The second-order valence-electron chi connectivity index (χ2n) is 6.37. The Hall–Kier alpha value is -2.27. The molecule has 1 N–H and O–H groups in total. The summed E-state index contributed by atoms with van der Waals surface area (Å²) in [4.78, 5) is 12.9. The van der Waals surface area contributed by atoms with Gasteiger partial charge in [0.25, 0.3) is 0 Å². The first-order valence-electron chi connectivity index (χ1n) is 9.41. The van der Waals surface area contributed by atoms with Crippen LogP contribution >= 0.6 is 11.8 Å². The van der Waals surface area contributed by atoms with Crippen LogP contribution in [0.5, 0.6) is 5.75 Å². The highest BCUT2D eigenvalue weighted by Crippen LogP contribution is 2.17. The van der Waals surface area contributed by atoms with Gasteiger partial charge >= 0.3 is 0 Å². The third-order valence-corrected chi connectivity index (χ3v) is 4.95. The van der Waals surface area contributed by atoms with Crippen LogP contribution in [0.3, 0.4) is 0 Å². The van der Waals surface area contributed by atoms with E-state index in [0.717, 1.165) is 29.2 Å². The van der Waals surface area contributed by atoms with E-state index in [4.69, 9.17) is 4.74 Å². The summed E-state index contributed by atoms with van der Waals surface area (Å²) in [7, 11) is 0. The van der Waals surface area contributed by atoms with Crippen LogP contribution in [0.25, 0.3) is 0 Å². The molecule has 27 heavy (non-hydrogen) atoms. The molecule has 0 aliphatic heterocycles. The smallest absolute Gasteiger partial charge is 0.250 e. The van der Waals surface area contributed by atoms with Gasteiger partial charge in [0.05, 0.1) is 18.6 Å². The van der Waals surface area contributed by atoms with E-state index in [-0.39, 0.29) is 5.91 Å². The zero-order valence-corrected chi connectivity index (χ0v) is 16.9. The number of aryl methyl sites for hydroxylation is 1. The van der Waals surface area contributed by atoms with Gasteiger partial charge in [-0.2, -0.15) is 5.10 Å². The topological polar surface area (TPSA) is 50.7 Å². The van der Waals surface area contributed by atoms with Crippen LogP contribution in [0.1, 0.15) is 43.7 Å². The molecule has 0 radical (unpaired) electrons. The molecule has 1 amide bonds. The average Bonchev–Trinajstić information content (AvgIpc) is 2.68.